The molecule has 0 saturated heterocycles. The maximum atomic E-state index is 5.12. The Labute approximate surface area is 118 Å². The van der Waals surface area contributed by atoms with Crippen molar-refractivity contribution in [3.8, 4) is 0 Å². The molecule has 0 amide bonds. The summed E-state index contributed by atoms with van der Waals surface area (Å²) in [7, 11) is 0. The molecular weight excluding hydrogens is 347 g/mol. The van der Waals surface area contributed by atoms with Crippen LogP contribution in [0.15, 0.2) is 29.4 Å². The van der Waals surface area contributed by atoms with Gasteiger partial charge >= 0.3 is 0 Å². The molecule has 6 heteroatoms. The second-order valence-corrected chi connectivity index (χ2v) is 4.93. The molecule has 17 heavy (non-hydrogen) atoms. The molecule has 0 saturated carbocycles. The van der Waals surface area contributed by atoms with E-state index in [0.29, 0.717) is 4.77 Å². The topological polar surface area (TPSA) is 46.0 Å². The molecule has 2 rings (SSSR count). The van der Waals surface area contributed by atoms with Crippen LogP contribution in [0.1, 0.15) is 18.3 Å². The fourth-order valence-electron chi connectivity index (χ4n) is 1.37. The highest BCUT2D eigenvalue weighted by molar-refractivity contribution is 14.1. The second-order valence-electron chi connectivity index (χ2n) is 3.38. The molecule has 0 bridgehead atoms. The fraction of sp³-hybridized carbons (Fsp3) is 0.182. The minimum Gasteiger partial charge on any atom is -0.250 e. The summed E-state index contributed by atoms with van der Waals surface area (Å²) in [6.07, 6.45) is 2.59. The first kappa shape index (κ1) is 12.4. The van der Waals surface area contributed by atoms with Gasteiger partial charge in [0.05, 0.1) is 6.21 Å². The normalized spacial score (nSPS) is 11.2. The molecule has 1 aromatic carbocycles. The highest BCUT2D eigenvalue weighted by Gasteiger charge is 2.01. The van der Waals surface area contributed by atoms with E-state index in [1.807, 2.05) is 31.2 Å². The third kappa shape index (κ3) is 2.81. The maximum absolute atomic E-state index is 5.12. The molecule has 4 nitrogen and oxygen atoms in total. The predicted octanol–water partition coefficient (Wildman–Crippen LogP) is 2.99. The van der Waals surface area contributed by atoms with Crippen molar-refractivity contribution in [2.24, 2.45) is 5.10 Å². The van der Waals surface area contributed by atoms with E-state index >= 15 is 0 Å². The number of nitrogens with zero attached hydrogens (tertiary/aromatic N) is 3. The number of benzene rings is 1. The van der Waals surface area contributed by atoms with Gasteiger partial charge in [-0.05, 0) is 40.9 Å². The molecule has 2 aromatic rings. The first-order chi connectivity index (χ1) is 8.22. The molecule has 0 aliphatic heterocycles. The van der Waals surface area contributed by atoms with Gasteiger partial charge in [-0.3, -0.25) is 5.10 Å². The summed E-state index contributed by atoms with van der Waals surface area (Å²) in [6, 6.07) is 8.04. The zero-order valence-corrected chi connectivity index (χ0v) is 12.2. The number of aromatic nitrogens is 3. The van der Waals surface area contributed by atoms with Crippen LogP contribution in [0, 0.1) is 8.34 Å². The van der Waals surface area contributed by atoms with Gasteiger partial charge in [0, 0.05) is 15.6 Å². The van der Waals surface area contributed by atoms with Crippen molar-refractivity contribution in [1.82, 2.24) is 14.9 Å². The number of halogens is 1. The van der Waals surface area contributed by atoms with Crippen LogP contribution >= 0.6 is 34.8 Å². The monoisotopic (exact) mass is 358 g/mol. The predicted molar refractivity (Wildman–Crippen MR) is 78.9 cm³/mol. The van der Waals surface area contributed by atoms with Crippen molar-refractivity contribution in [1.29, 1.82) is 0 Å². The van der Waals surface area contributed by atoms with Gasteiger partial charge in [-0.25, -0.2) is 0 Å². The van der Waals surface area contributed by atoms with Gasteiger partial charge in [0.1, 0.15) is 0 Å². The zero-order chi connectivity index (χ0) is 12.3. The van der Waals surface area contributed by atoms with Crippen LogP contribution in [-0.4, -0.2) is 21.1 Å². The molecule has 1 aromatic heterocycles. The van der Waals surface area contributed by atoms with Gasteiger partial charge in [0.25, 0.3) is 0 Å². The molecule has 0 aliphatic rings. The van der Waals surface area contributed by atoms with Crippen LogP contribution < -0.4 is 0 Å². The van der Waals surface area contributed by atoms with Gasteiger partial charge < -0.3 is 0 Å². The average Bonchev–Trinajstić information content (AvgIpc) is 2.69. The summed E-state index contributed by atoms with van der Waals surface area (Å²) < 4.78 is 3.32. The largest absolute Gasteiger partial charge is 0.250 e. The second kappa shape index (κ2) is 5.54. The number of nitrogens with one attached hydrogen (secondary N) is 1. The molecule has 0 atom stereocenters. The number of hydrogen-bond donors (Lipinski definition) is 1. The van der Waals surface area contributed by atoms with Crippen LogP contribution in [0.25, 0.3) is 0 Å². The minimum absolute atomic E-state index is 0.518. The van der Waals surface area contributed by atoms with Gasteiger partial charge in [0.2, 0.25) is 4.77 Å². The summed E-state index contributed by atoms with van der Waals surface area (Å²) in [5, 5.41) is 11.2. The standard InChI is InChI=1S/C11H11IN4S/c1-2-10-14-15-11(17)16(10)13-7-8-5-3-4-6-9(8)12/h3-7H,2H2,1H3,(H,15,17)/b13-7+. The molecule has 0 fully saturated rings. The van der Waals surface area contributed by atoms with Crippen molar-refractivity contribution in [3.05, 3.63) is 44.0 Å². The molecule has 0 radical (unpaired) electrons. The number of H-pyrrole nitrogens is 1. The third-order valence-corrected chi connectivity index (χ3v) is 3.50. The molecule has 0 spiro atoms. The number of rotatable bonds is 3. The van der Waals surface area contributed by atoms with E-state index < -0.39 is 0 Å². The highest BCUT2D eigenvalue weighted by atomic mass is 127. The first-order valence-electron chi connectivity index (χ1n) is 5.17. The maximum Gasteiger partial charge on any atom is 0.216 e. The van der Waals surface area contributed by atoms with E-state index in [4.69, 9.17) is 12.2 Å². The SMILES string of the molecule is CCc1n[nH]c(=S)n1/N=C/c1ccccc1I. The number of aromatic amines is 1. The molecule has 0 unspecified atom stereocenters. The Morgan fingerprint density at radius 1 is 1.53 bits per heavy atom. The summed E-state index contributed by atoms with van der Waals surface area (Å²) >= 11 is 7.39. The van der Waals surface area contributed by atoms with Gasteiger partial charge in [0.15, 0.2) is 5.82 Å². The summed E-state index contributed by atoms with van der Waals surface area (Å²) in [5.74, 6) is 0.831. The zero-order valence-electron chi connectivity index (χ0n) is 9.22. The summed E-state index contributed by atoms with van der Waals surface area (Å²) in [4.78, 5) is 0. The van der Waals surface area contributed by atoms with Gasteiger partial charge in [-0.2, -0.15) is 14.9 Å². The lowest BCUT2D eigenvalue weighted by Gasteiger charge is -1.98. The van der Waals surface area contributed by atoms with E-state index in [-0.39, 0.29) is 0 Å². The van der Waals surface area contributed by atoms with Crippen LogP contribution in [-0.2, 0) is 6.42 Å². The van der Waals surface area contributed by atoms with Crippen molar-refractivity contribution in [3.63, 3.8) is 0 Å². The van der Waals surface area contributed by atoms with E-state index in [1.165, 1.54) is 0 Å². The Hall–Kier alpha value is -1.02. The minimum atomic E-state index is 0.518. The summed E-state index contributed by atoms with van der Waals surface area (Å²) in [6.45, 7) is 2.02. The van der Waals surface area contributed by atoms with Crippen LogP contribution in [0.2, 0.25) is 0 Å². The molecule has 0 aliphatic carbocycles. The third-order valence-electron chi connectivity index (χ3n) is 2.25. The van der Waals surface area contributed by atoms with Gasteiger partial charge in [-0.1, -0.05) is 25.1 Å². The molecule has 1 N–H and O–H groups in total. The highest BCUT2D eigenvalue weighted by Crippen LogP contribution is 2.09. The first-order valence-corrected chi connectivity index (χ1v) is 6.66. The Bertz CT molecular complexity index is 600. The lowest BCUT2D eigenvalue weighted by molar-refractivity contribution is 0.780. The van der Waals surface area contributed by atoms with E-state index in [2.05, 4.69) is 37.9 Å². The molecular formula is C11H11IN4S. The number of hydrogen-bond acceptors (Lipinski definition) is 3. The van der Waals surface area contributed by atoms with Crippen molar-refractivity contribution in [2.75, 3.05) is 0 Å². The van der Waals surface area contributed by atoms with Crippen LogP contribution in [0.4, 0.5) is 0 Å². The van der Waals surface area contributed by atoms with E-state index in [9.17, 15) is 0 Å². The van der Waals surface area contributed by atoms with Crippen LogP contribution in [0.5, 0.6) is 0 Å². The quantitative estimate of drug-likeness (QED) is 0.521. The Morgan fingerprint density at radius 2 is 2.29 bits per heavy atom. The Balaban J connectivity index is 2.35. The van der Waals surface area contributed by atoms with Crippen molar-refractivity contribution in [2.45, 2.75) is 13.3 Å². The lowest BCUT2D eigenvalue weighted by Crippen LogP contribution is -1.98. The lowest BCUT2D eigenvalue weighted by atomic mass is 10.2. The molecule has 1 heterocycles. The Morgan fingerprint density at radius 3 is 3.00 bits per heavy atom. The smallest absolute Gasteiger partial charge is 0.216 e. The fourth-order valence-corrected chi connectivity index (χ4v) is 2.10. The van der Waals surface area contributed by atoms with E-state index in [1.54, 1.807) is 10.9 Å². The molecule has 88 valence electrons. The Kier molecular flexibility index (Phi) is 4.06. The number of aryl methyl sites for hydroxylation is 1. The van der Waals surface area contributed by atoms with Crippen molar-refractivity contribution < 1.29 is 0 Å². The average molecular weight is 358 g/mol. The summed E-state index contributed by atoms with van der Waals surface area (Å²) in [5.41, 5.74) is 1.07. The van der Waals surface area contributed by atoms with Crippen molar-refractivity contribution >= 4 is 41.0 Å². The van der Waals surface area contributed by atoms with E-state index in [0.717, 1.165) is 21.4 Å². The van der Waals surface area contributed by atoms with Crippen LogP contribution in [0.3, 0.4) is 0 Å². The van der Waals surface area contributed by atoms with Gasteiger partial charge in [-0.15, -0.1) is 0 Å².